The molecule has 0 bridgehead atoms. The average molecular weight is 286 g/mol. The third-order valence-corrected chi connectivity index (χ3v) is 5.20. The highest BCUT2D eigenvalue weighted by molar-refractivity contribution is 5.16. The van der Waals surface area contributed by atoms with E-state index < -0.39 is 0 Å². The van der Waals surface area contributed by atoms with E-state index in [0.29, 0.717) is 12.1 Å². The number of piperazine rings is 1. The minimum Gasteiger partial charge on any atom is -0.311 e. The summed E-state index contributed by atoms with van der Waals surface area (Å²) in [5.74, 6) is 1.76. The van der Waals surface area contributed by atoms with Crippen molar-refractivity contribution in [2.24, 2.45) is 11.8 Å². The molecule has 3 rings (SSSR count). The van der Waals surface area contributed by atoms with Gasteiger partial charge in [-0.05, 0) is 36.8 Å². The number of hydrogen-bond acceptors (Lipinski definition) is 2. The van der Waals surface area contributed by atoms with Gasteiger partial charge in [0.15, 0.2) is 0 Å². The topological polar surface area (TPSA) is 15.3 Å². The highest BCUT2D eigenvalue weighted by atomic mass is 15.2. The fourth-order valence-electron chi connectivity index (χ4n) is 3.45. The summed E-state index contributed by atoms with van der Waals surface area (Å²) in [7, 11) is 0. The summed E-state index contributed by atoms with van der Waals surface area (Å²) in [5, 5.41) is 3.78. The second kappa shape index (κ2) is 6.93. The van der Waals surface area contributed by atoms with Crippen molar-refractivity contribution < 1.29 is 0 Å². The molecule has 1 aliphatic heterocycles. The van der Waals surface area contributed by atoms with Gasteiger partial charge in [0.2, 0.25) is 0 Å². The zero-order chi connectivity index (χ0) is 14.7. The first-order chi connectivity index (χ1) is 10.2. The smallest absolute Gasteiger partial charge is 0.0261 e. The van der Waals surface area contributed by atoms with Crippen molar-refractivity contribution in [3.63, 3.8) is 0 Å². The van der Waals surface area contributed by atoms with Gasteiger partial charge in [-0.15, -0.1) is 0 Å². The van der Waals surface area contributed by atoms with Gasteiger partial charge >= 0.3 is 0 Å². The summed E-state index contributed by atoms with van der Waals surface area (Å²) in [5.41, 5.74) is 1.48. The lowest BCUT2D eigenvalue weighted by atomic mass is 9.96. The summed E-state index contributed by atoms with van der Waals surface area (Å²) in [6.07, 6.45) is 5.55. The molecule has 116 valence electrons. The molecule has 2 atom stereocenters. The molecule has 0 aromatic heterocycles. The van der Waals surface area contributed by atoms with Crippen molar-refractivity contribution in [2.75, 3.05) is 19.6 Å². The predicted octanol–water partition coefficient (Wildman–Crippen LogP) is 3.33. The van der Waals surface area contributed by atoms with Gasteiger partial charge in [0.25, 0.3) is 0 Å². The molecule has 1 saturated heterocycles. The van der Waals surface area contributed by atoms with Crippen LogP contribution in [0.25, 0.3) is 0 Å². The van der Waals surface area contributed by atoms with Gasteiger partial charge in [0, 0.05) is 25.2 Å². The Labute approximate surface area is 129 Å². The number of hydrogen-bond donors (Lipinski definition) is 1. The predicted molar refractivity (Wildman–Crippen MR) is 89.5 cm³/mol. The second-order valence-electron chi connectivity index (χ2n) is 7.33. The van der Waals surface area contributed by atoms with Gasteiger partial charge in [-0.25, -0.2) is 0 Å². The van der Waals surface area contributed by atoms with Crippen molar-refractivity contribution in [1.82, 2.24) is 10.2 Å². The lowest BCUT2D eigenvalue weighted by molar-refractivity contribution is 0.110. The Bertz CT molecular complexity index is 424. The molecule has 2 unspecified atom stereocenters. The molecule has 1 saturated carbocycles. The average Bonchev–Trinajstić information content (AvgIpc) is 3.31. The lowest BCUT2D eigenvalue weighted by Gasteiger charge is -2.42. The molecular weight excluding hydrogens is 256 g/mol. The maximum atomic E-state index is 3.78. The molecule has 21 heavy (non-hydrogen) atoms. The first kappa shape index (κ1) is 15.1. The fourth-order valence-corrected chi connectivity index (χ4v) is 3.45. The maximum absolute atomic E-state index is 3.78. The van der Waals surface area contributed by atoms with Gasteiger partial charge < -0.3 is 5.32 Å². The Balaban J connectivity index is 1.61. The Morgan fingerprint density at radius 1 is 1.19 bits per heavy atom. The third-order valence-electron chi connectivity index (χ3n) is 5.20. The number of rotatable bonds is 6. The highest BCUT2D eigenvalue weighted by Crippen LogP contribution is 2.33. The minimum atomic E-state index is 0.663. The van der Waals surface area contributed by atoms with Crippen molar-refractivity contribution in [1.29, 1.82) is 0 Å². The summed E-state index contributed by atoms with van der Waals surface area (Å²) in [6.45, 7) is 8.35. The summed E-state index contributed by atoms with van der Waals surface area (Å²) in [6, 6.07) is 12.3. The molecule has 0 radical (unpaired) electrons. The van der Waals surface area contributed by atoms with E-state index >= 15 is 0 Å². The zero-order valence-corrected chi connectivity index (χ0v) is 13.6. The molecule has 2 fully saturated rings. The van der Waals surface area contributed by atoms with E-state index in [2.05, 4.69) is 54.4 Å². The molecule has 1 aliphatic carbocycles. The zero-order valence-electron chi connectivity index (χ0n) is 13.6. The molecule has 1 N–H and O–H groups in total. The van der Waals surface area contributed by atoms with E-state index in [0.717, 1.165) is 18.4 Å². The first-order valence-electron chi connectivity index (χ1n) is 8.73. The van der Waals surface area contributed by atoms with Crippen LogP contribution in [0.4, 0.5) is 0 Å². The normalized spacial score (nSPS) is 27.2. The van der Waals surface area contributed by atoms with Gasteiger partial charge in [0.05, 0.1) is 0 Å². The van der Waals surface area contributed by atoms with Gasteiger partial charge in [0.1, 0.15) is 0 Å². The SMILES string of the molecule is CC(C)C1CN(CCC2CC2)C(Cc2ccccc2)CN1. The Morgan fingerprint density at radius 2 is 1.95 bits per heavy atom. The van der Waals surface area contributed by atoms with Crippen LogP contribution in [0.2, 0.25) is 0 Å². The molecule has 2 aliphatic rings. The molecule has 0 amide bonds. The summed E-state index contributed by atoms with van der Waals surface area (Å²) >= 11 is 0. The lowest BCUT2D eigenvalue weighted by Crippen LogP contribution is -2.58. The summed E-state index contributed by atoms with van der Waals surface area (Å²) in [4.78, 5) is 2.77. The first-order valence-corrected chi connectivity index (χ1v) is 8.73. The Hall–Kier alpha value is -0.860. The maximum Gasteiger partial charge on any atom is 0.0261 e. The number of benzene rings is 1. The molecule has 1 aromatic rings. The van der Waals surface area contributed by atoms with E-state index in [9.17, 15) is 0 Å². The molecule has 1 heterocycles. The standard InChI is InChI=1S/C19H30N2/c1-15(2)19-14-21(11-10-16-8-9-16)18(13-20-19)12-17-6-4-3-5-7-17/h3-7,15-16,18-20H,8-14H2,1-2H3. The van der Waals surface area contributed by atoms with Crippen LogP contribution >= 0.6 is 0 Å². The molecule has 2 nitrogen and oxygen atoms in total. The van der Waals surface area contributed by atoms with E-state index in [1.165, 1.54) is 44.3 Å². The number of nitrogens with zero attached hydrogens (tertiary/aromatic N) is 1. The fraction of sp³-hybridized carbons (Fsp3) is 0.684. The van der Waals surface area contributed by atoms with E-state index in [4.69, 9.17) is 0 Å². The third kappa shape index (κ3) is 4.31. The van der Waals surface area contributed by atoms with Gasteiger partial charge in [-0.1, -0.05) is 57.0 Å². The molecule has 1 aromatic carbocycles. The van der Waals surface area contributed by atoms with Crippen molar-refractivity contribution in [2.45, 2.75) is 51.6 Å². The highest BCUT2D eigenvalue weighted by Gasteiger charge is 2.30. The van der Waals surface area contributed by atoms with Crippen LogP contribution in [-0.2, 0) is 6.42 Å². The van der Waals surface area contributed by atoms with Crippen LogP contribution in [0.5, 0.6) is 0 Å². The van der Waals surface area contributed by atoms with Crippen LogP contribution in [0.1, 0.15) is 38.7 Å². The van der Waals surface area contributed by atoms with E-state index in [1.54, 1.807) is 0 Å². The van der Waals surface area contributed by atoms with E-state index in [1.807, 2.05) is 0 Å². The minimum absolute atomic E-state index is 0.663. The molecule has 2 heteroatoms. The van der Waals surface area contributed by atoms with Gasteiger partial charge in [-0.3, -0.25) is 4.90 Å². The summed E-state index contributed by atoms with van der Waals surface area (Å²) < 4.78 is 0. The van der Waals surface area contributed by atoms with Crippen molar-refractivity contribution in [3.8, 4) is 0 Å². The largest absolute Gasteiger partial charge is 0.311 e. The van der Waals surface area contributed by atoms with Gasteiger partial charge in [-0.2, -0.15) is 0 Å². The van der Waals surface area contributed by atoms with Crippen LogP contribution < -0.4 is 5.32 Å². The van der Waals surface area contributed by atoms with Crippen molar-refractivity contribution in [3.05, 3.63) is 35.9 Å². The Morgan fingerprint density at radius 3 is 2.62 bits per heavy atom. The van der Waals surface area contributed by atoms with Crippen LogP contribution in [0.3, 0.4) is 0 Å². The monoisotopic (exact) mass is 286 g/mol. The van der Waals surface area contributed by atoms with Crippen LogP contribution in [-0.4, -0.2) is 36.6 Å². The quantitative estimate of drug-likeness (QED) is 0.863. The van der Waals surface area contributed by atoms with Crippen molar-refractivity contribution >= 4 is 0 Å². The second-order valence-corrected chi connectivity index (χ2v) is 7.33. The number of nitrogens with one attached hydrogen (secondary N) is 1. The molecular formula is C19H30N2. The Kier molecular flexibility index (Phi) is 4.97. The van der Waals surface area contributed by atoms with Crippen LogP contribution in [0, 0.1) is 11.8 Å². The van der Waals surface area contributed by atoms with E-state index in [-0.39, 0.29) is 0 Å². The van der Waals surface area contributed by atoms with Crippen LogP contribution in [0.15, 0.2) is 30.3 Å². The molecule has 0 spiro atoms.